The molecule has 3 aromatic rings. The van der Waals surface area contributed by atoms with Crippen LogP contribution in [0.4, 0.5) is 20.2 Å². The van der Waals surface area contributed by atoms with Crippen molar-refractivity contribution in [3.05, 3.63) is 89.0 Å². The Kier molecular flexibility index (Phi) is 6.53. The number of halogens is 2. The third-order valence-corrected chi connectivity index (χ3v) is 5.49. The van der Waals surface area contributed by atoms with Crippen molar-refractivity contribution in [2.45, 2.75) is 19.4 Å². The van der Waals surface area contributed by atoms with E-state index in [1.54, 1.807) is 0 Å². The fourth-order valence-electron chi connectivity index (χ4n) is 3.77. The summed E-state index contributed by atoms with van der Waals surface area (Å²) in [7, 11) is 0. The highest BCUT2D eigenvalue weighted by Crippen LogP contribution is 2.23. The van der Waals surface area contributed by atoms with Crippen molar-refractivity contribution in [1.29, 1.82) is 0 Å². The zero-order chi connectivity index (χ0) is 23.4. The summed E-state index contributed by atoms with van der Waals surface area (Å²) < 4.78 is 26.6. The van der Waals surface area contributed by atoms with Crippen molar-refractivity contribution >= 4 is 23.2 Å². The predicted octanol–water partition coefficient (Wildman–Crippen LogP) is 4.45. The van der Waals surface area contributed by atoms with Crippen molar-refractivity contribution in [2.75, 3.05) is 23.3 Å². The first-order chi connectivity index (χ1) is 15.9. The minimum Gasteiger partial charge on any atom is -0.507 e. The van der Waals surface area contributed by atoms with Gasteiger partial charge in [0.1, 0.15) is 17.4 Å². The molecule has 8 heteroatoms. The van der Waals surface area contributed by atoms with Gasteiger partial charge in [-0.3, -0.25) is 9.59 Å². The van der Waals surface area contributed by atoms with Gasteiger partial charge in [-0.2, -0.15) is 0 Å². The van der Waals surface area contributed by atoms with Crippen LogP contribution >= 0.6 is 0 Å². The molecular formula is C25H23F2N3O3. The average Bonchev–Trinajstić information content (AvgIpc) is 3.32. The highest BCUT2D eigenvalue weighted by atomic mass is 19.1. The molecule has 1 aliphatic heterocycles. The molecule has 0 atom stereocenters. The average molecular weight is 451 g/mol. The van der Waals surface area contributed by atoms with Gasteiger partial charge in [0.2, 0.25) is 0 Å². The number of hydrogen-bond acceptors (Lipinski definition) is 4. The Bertz CT molecular complexity index is 1160. The largest absolute Gasteiger partial charge is 0.507 e. The number of hydrogen-bond donors (Lipinski definition) is 3. The van der Waals surface area contributed by atoms with Crippen LogP contribution in [0.25, 0.3) is 0 Å². The lowest BCUT2D eigenvalue weighted by Gasteiger charge is -2.17. The van der Waals surface area contributed by atoms with Crippen LogP contribution in [-0.4, -0.2) is 30.0 Å². The van der Waals surface area contributed by atoms with E-state index in [4.69, 9.17) is 0 Å². The quantitative estimate of drug-likeness (QED) is 0.517. The van der Waals surface area contributed by atoms with Gasteiger partial charge in [-0.05, 0) is 54.8 Å². The first-order valence-corrected chi connectivity index (χ1v) is 10.6. The number of phenolic OH excluding ortho intramolecular Hbond substituents is 1. The van der Waals surface area contributed by atoms with Crippen LogP contribution in [0.3, 0.4) is 0 Å². The van der Waals surface area contributed by atoms with E-state index in [2.05, 4.69) is 15.5 Å². The summed E-state index contributed by atoms with van der Waals surface area (Å²) in [5.74, 6) is -3.30. The molecule has 0 saturated carbocycles. The smallest absolute Gasteiger partial charge is 0.255 e. The van der Waals surface area contributed by atoms with Gasteiger partial charge in [0.05, 0.1) is 5.56 Å². The van der Waals surface area contributed by atoms with Gasteiger partial charge in [-0.15, -0.1) is 0 Å². The van der Waals surface area contributed by atoms with E-state index < -0.39 is 23.4 Å². The molecule has 6 nitrogen and oxygen atoms in total. The summed E-state index contributed by atoms with van der Waals surface area (Å²) in [5, 5.41) is 15.4. The van der Waals surface area contributed by atoms with Crippen molar-refractivity contribution in [3.63, 3.8) is 0 Å². The number of benzene rings is 3. The first kappa shape index (κ1) is 22.3. The molecule has 0 aromatic heterocycles. The van der Waals surface area contributed by atoms with E-state index >= 15 is 0 Å². The molecule has 1 heterocycles. The number of nitrogens with one attached hydrogen (secondary N) is 2. The zero-order valence-corrected chi connectivity index (χ0v) is 17.8. The summed E-state index contributed by atoms with van der Waals surface area (Å²) >= 11 is 0. The highest BCUT2D eigenvalue weighted by Gasteiger charge is 2.15. The normalized spacial score (nSPS) is 13.1. The Balaban J connectivity index is 1.36. The maximum atomic E-state index is 13.3. The van der Waals surface area contributed by atoms with Gasteiger partial charge in [-0.1, -0.05) is 12.1 Å². The minimum absolute atomic E-state index is 0.0403. The van der Waals surface area contributed by atoms with Crippen LogP contribution in [0.15, 0.2) is 60.7 Å². The number of anilines is 2. The first-order valence-electron chi connectivity index (χ1n) is 10.6. The lowest BCUT2D eigenvalue weighted by atomic mass is 10.1. The maximum Gasteiger partial charge on any atom is 0.255 e. The topological polar surface area (TPSA) is 81.7 Å². The molecule has 33 heavy (non-hydrogen) atoms. The van der Waals surface area contributed by atoms with E-state index in [0.29, 0.717) is 12.6 Å². The Labute approximate surface area is 189 Å². The molecule has 170 valence electrons. The Morgan fingerprint density at radius 2 is 1.55 bits per heavy atom. The second-order valence-corrected chi connectivity index (χ2v) is 7.89. The van der Waals surface area contributed by atoms with Gasteiger partial charge in [0, 0.05) is 48.7 Å². The van der Waals surface area contributed by atoms with Crippen LogP contribution in [0.1, 0.15) is 39.1 Å². The van der Waals surface area contributed by atoms with Crippen LogP contribution in [0.5, 0.6) is 5.75 Å². The standard InChI is InChI=1S/C25H23F2N3O3/c26-18-11-17(12-19(27)13-18)24(32)29-20-5-8-22(23(31)14-20)25(33)28-15-16-3-6-21(7-4-16)30-9-1-2-10-30/h3-8,11-14,31H,1-2,9-10,15H2,(H,28,33)(H,29,32). The van der Waals surface area contributed by atoms with E-state index in [1.807, 2.05) is 24.3 Å². The number of amides is 2. The molecule has 3 N–H and O–H groups in total. The molecule has 0 bridgehead atoms. The third kappa shape index (κ3) is 5.46. The number of aromatic hydroxyl groups is 1. The van der Waals surface area contributed by atoms with Crippen molar-refractivity contribution in [2.24, 2.45) is 0 Å². The zero-order valence-electron chi connectivity index (χ0n) is 17.8. The number of phenols is 1. The molecule has 4 rings (SSSR count). The van der Waals surface area contributed by atoms with E-state index in [1.165, 1.54) is 36.7 Å². The number of nitrogens with zero attached hydrogens (tertiary/aromatic N) is 1. The number of carbonyl (C=O) groups is 2. The Morgan fingerprint density at radius 1 is 0.879 bits per heavy atom. The lowest BCUT2D eigenvalue weighted by molar-refractivity contribution is 0.0947. The fourth-order valence-corrected chi connectivity index (χ4v) is 3.77. The lowest BCUT2D eigenvalue weighted by Crippen LogP contribution is -2.23. The second-order valence-electron chi connectivity index (χ2n) is 7.89. The van der Waals surface area contributed by atoms with Gasteiger partial charge in [0.25, 0.3) is 11.8 Å². The molecule has 3 aromatic carbocycles. The monoisotopic (exact) mass is 451 g/mol. The molecule has 0 aliphatic carbocycles. The summed E-state index contributed by atoms with van der Waals surface area (Å²) in [6.45, 7) is 2.41. The van der Waals surface area contributed by atoms with E-state index in [9.17, 15) is 23.5 Å². The Morgan fingerprint density at radius 3 is 2.18 bits per heavy atom. The van der Waals surface area contributed by atoms with Crippen molar-refractivity contribution in [3.8, 4) is 5.75 Å². The van der Waals surface area contributed by atoms with Crippen LogP contribution in [0.2, 0.25) is 0 Å². The SMILES string of the molecule is O=C(Nc1ccc(C(=O)NCc2ccc(N3CCCC3)cc2)c(O)c1)c1cc(F)cc(F)c1. The number of rotatable bonds is 6. The molecule has 2 amide bonds. The summed E-state index contributed by atoms with van der Waals surface area (Å²) in [4.78, 5) is 27.0. The van der Waals surface area contributed by atoms with Gasteiger partial charge >= 0.3 is 0 Å². The molecule has 0 spiro atoms. The molecule has 1 saturated heterocycles. The summed E-state index contributed by atoms with van der Waals surface area (Å²) in [6, 6.07) is 14.4. The van der Waals surface area contributed by atoms with E-state index in [0.717, 1.165) is 30.8 Å². The Hall–Kier alpha value is -3.94. The van der Waals surface area contributed by atoms with Crippen molar-refractivity contribution < 1.29 is 23.5 Å². The van der Waals surface area contributed by atoms with Crippen LogP contribution < -0.4 is 15.5 Å². The molecule has 0 radical (unpaired) electrons. The molecule has 1 fully saturated rings. The predicted molar refractivity (Wildman–Crippen MR) is 121 cm³/mol. The summed E-state index contributed by atoms with van der Waals surface area (Å²) in [6.07, 6.45) is 2.40. The van der Waals surface area contributed by atoms with Gasteiger partial charge in [0.15, 0.2) is 0 Å². The van der Waals surface area contributed by atoms with Crippen LogP contribution in [0, 0.1) is 11.6 Å². The maximum absolute atomic E-state index is 13.3. The van der Waals surface area contributed by atoms with Gasteiger partial charge < -0.3 is 20.6 Å². The third-order valence-electron chi connectivity index (χ3n) is 5.49. The van der Waals surface area contributed by atoms with E-state index in [-0.39, 0.29) is 22.6 Å². The van der Waals surface area contributed by atoms with Gasteiger partial charge in [-0.25, -0.2) is 8.78 Å². The van der Waals surface area contributed by atoms with Crippen LogP contribution in [-0.2, 0) is 6.54 Å². The highest BCUT2D eigenvalue weighted by molar-refractivity contribution is 6.05. The summed E-state index contributed by atoms with van der Waals surface area (Å²) in [5.41, 5.74) is 2.11. The number of carbonyl (C=O) groups excluding carboxylic acids is 2. The molecule has 1 aliphatic rings. The molecular weight excluding hydrogens is 428 g/mol. The van der Waals surface area contributed by atoms with Crippen molar-refractivity contribution in [1.82, 2.24) is 5.32 Å². The minimum atomic E-state index is -0.874. The molecule has 0 unspecified atom stereocenters. The second kappa shape index (κ2) is 9.68. The fraction of sp³-hybridized carbons (Fsp3) is 0.200.